The van der Waals surface area contributed by atoms with Crippen molar-refractivity contribution in [3.05, 3.63) is 63.9 Å². The number of carbonyl (C=O) groups is 1. The third-order valence-electron chi connectivity index (χ3n) is 6.79. The molecule has 1 saturated carbocycles. The van der Waals surface area contributed by atoms with E-state index in [1.54, 1.807) is 22.6 Å². The van der Waals surface area contributed by atoms with Gasteiger partial charge in [-0.05, 0) is 56.0 Å². The highest BCUT2D eigenvalue weighted by Gasteiger charge is 2.38. The molecule has 0 bridgehead atoms. The van der Waals surface area contributed by atoms with Gasteiger partial charge in [0.05, 0.1) is 28.4 Å². The van der Waals surface area contributed by atoms with Gasteiger partial charge in [-0.15, -0.1) is 0 Å². The maximum absolute atomic E-state index is 13.5. The van der Waals surface area contributed by atoms with Gasteiger partial charge in [-0.2, -0.15) is 5.26 Å². The molecule has 0 aliphatic heterocycles. The number of nitriles is 1. The Morgan fingerprint density at radius 3 is 2.61 bits per heavy atom. The van der Waals surface area contributed by atoms with Crippen molar-refractivity contribution in [3.8, 4) is 11.8 Å². The highest BCUT2D eigenvalue weighted by molar-refractivity contribution is 7.99. The average Bonchev–Trinajstić information content (AvgIpc) is 2.84. The minimum Gasteiger partial charge on any atom is -0.326 e. The maximum atomic E-state index is 13.5. The number of hydrogen-bond donors (Lipinski definition) is 0. The molecule has 0 spiro atoms. The van der Waals surface area contributed by atoms with Crippen molar-refractivity contribution in [2.24, 2.45) is 0 Å². The van der Waals surface area contributed by atoms with E-state index in [0.717, 1.165) is 36.1 Å². The summed E-state index contributed by atoms with van der Waals surface area (Å²) >= 11 is 1.25. The van der Waals surface area contributed by atoms with Crippen molar-refractivity contribution in [1.29, 1.82) is 5.26 Å². The predicted octanol–water partition coefficient (Wildman–Crippen LogP) is 4.78. The average molecular weight is 461 g/mol. The maximum Gasteiger partial charge on any atom is 0.266 e. The molecule has 0 saturated heterocycles. The summed E-state index contributed by atoms with van der Waals surface area (Å²) in [4.78, 5) is 33.0. The van der Waals surface area contributed by atoms with Crippen molar-refractivity contribution < 1.29 is 4.79 Å². The monoisotopic (exact) mass is 460 g/mol. The topological polar surface area (TPSA) is 79.0 Å². The van der Waals surface area contributed by atoms with Gasteiger partial charge in [0, 0.05) is 7.05 Å². The van der Waals surface area contributed by atoms with Crippen LogP contribution >= 0.6 is 11.8 Å². The smallest absolute Gasteiger partial charge is 0.266 e. The van der Waals surface area contributed by atoms with Crippen LogP contribution in [0.1, 0.15) is 43.2 Å². The number of benzene rings is 2. The number of aromatic nitrogens is 2. The van der Waals surface area contributed by atoms with Crippen LogP contribution in [0.15, 0.2) is 52.4 Å². The van der Waals surface area contributed by atoms with Crippen LogP contribution in [-0.2, 0) is 4.79 Å². The molecule has 1 amide bonds. The number of thioether (sulfide) groups is 1. The van der Waals surface area contributed by atoms with Gasteiger partial charge >= 0.3 is 0 Å². The first-order valence-corrected chi connectivity index (χ1v) is 12.3. The zero-order valence-electron chi connectivity index (χ0n) is 19.3. The molecule has 1 fully saturated rings. The van der Waals surface area contributed by atoms with Crippen molar-refractivity contribution in [2.75, 3.05) is 12.8 Å². The number of carbonyl (C=O) groups excluding carboxylic acids is 1. The number of amides is 1. The van der Waals surface area contributed by atoms with Crippen LogP contribution in [0.3, 0.4) is 0 Å². The van der Waals surface area contributed by atoms with Crippen molar-refractivity contribution >= 4 is 28.6 Å². The lowest BCUT2D eigenvalue weighted by Gasteiger charge is -2.39. The van der Waals surface area contributed by atoms with E-state index in [1.807, 2.05) is 50.2 Å². The normalized spacial score (nSPS) is 15.2. The van der Waals surface area contributed by atoms with Crippen molar-refractivity contribution in [3.63, 3.8) is 0 Å². The lowest BCUT2D eigenvalue weighted by Crippen LogP contribution is -2.50. The zero-order chi connectivity index (χ0) is 23.6. The number of hydrogen-bond acceptors (Lipinski definition) is 5. The quantitative estimate of drug-likeness (QED) is 0.404. The van der Waals surface area contributed by atoms with Gasteiger partial charge in [0.25, 0.3) is 5.56 Å². The first-order chi connectivity index (χ1) is 15.9. The molecular formula is C26H28N4O2S. The highest BCUT2D eigenvalue weighted by Crippen LogP contribution is 2.33. The van der Waals surface area contributed by atoms with Crippen LogP contribution < -0.4 is 5.56 Å². The summed E-state index contributed by atoms with van der Waals surface area (Å²) in [6.07, 6.45) is 4.42. The molecule has 0 N–H and O–H groups in total. The summed E-state index contributed by atoms with van der Waals surface area (Å²) in [5, 5.41) is 10.9. The summed E-state index contributed by atoms with van der Waals surface area (Å²) in [7, 11) is 1.73. The summed E-state index contributed by atoms with van der Waals surface area (Å²) in [5.41, 5.74) is 2.55. The van der Waals surface area contributed by atoms with E-state index in [1.165, 1.54) is 11.8 Å². The van der Waals surface area contributed by atoms with Gasteiger partial charge in [0.1, 0.15) is 5.54 Å². The van der Waals surface area contributed by atoms with Gasteiger partial charge in [0.2, 0.25) is 5.91 Å². The molecule has 7 heteroatoms. The van der Waals surface area contributed by atoms with E-state index in [2.05, 4.69) is 6.07 Å². The van der Waals surface area contributed by atoms with Crippen LogP contribution in [0.2, 0.25) is 0 Å². The fourth-order valence-corrected chi connectivity index (χ4v) is 5.44. The van der Waals surface area contributed by atoms with E-state index in [9.17, 15) is 14.9 Å². The van der Waals surface area contributed by atoms with E-state index < -0.39 is 5.54 Å². The lowest BCUT2D eigenvalue weighted by molar-refractivity contribution is -0.131. The highest BCUT2D eigenvalue weighted by atomic mass is 32.2. The fourth-order valence-electron chi connectivity index (χ4n) is 4.52. The van der Waals surface area contributed by atoms with E-state index in [4.69, 9.17) is 4.98 Å². The van der Waals surface area contributed by atoms with E-state index in [-0.39, 0.29) is 17.2 Å². The molecule has 0 radical (unpaired) electrons. The van der Waals surface area contributed by atoms with Crippen LogP contribution in [0.4, 0.5) is 0 Å². The third-order valence-corrected chi connectivity index (χ3v) is 7.71. The largest absolute Gasteiger partial charge is 0.326 e. The minimum atomic E-state index is -0.737. The molecule has 1 heterocycles. The molecule has 1 aromatic heterocycles. The Balaban J connectivity index is 1.72. The second kappa shape index (κ2) is 9.40. The molecule has 2 aromatic carbocycles. The first-order valence-electron chi connectivity index (χ1n) is 11.3. The molecule has 3 aromatic rings. The standard InChI is InChI=1S/C26H28N4O2S/c1-18-10-9-13-22(19(18)2)30-24(32)20-11-5-6-12-21(20)28-25(30)33-16-23(31)29(3)26(17-27)14-7-4-8-15-26/h5-6,9-13H,4,7-8,14-16H2,1-3H3. The summed E-state index contributed by atoms with van der Waals surface area (Å²) in [5.74, 6) is -0.0198. The Morgan fingerprint density at radius 2 is 1.88 bits per heavy atom. The molecular weight excluding hydrogens is 432 g/mol. The first kappa shape index (κ1) is 23.1. The van der Waals surface area contributed by atoms with Crippen molar-refractivity contribution in [1.82, 2.24) is 14.5 Å². The third kappa shape index (κ3) is 4.28. The Morgan fingerprint density at radius 1 is 1.15 bits per heavy atom. The summed E-state index contributed by atoms with van der Waals surface area (Å²) in [6, 6.07) is 15.5. The van der Waals surface area contributed by atoms with Crippen LogP contribution in [0.25, 0.3) is 16.6 Å². The number of para-hydroxylation sites is 1. The SMILES string of the molecule is Cc1cccc(-n2c(SCC(=O)N(C)C3(C#N)CCCCC3)nc3ccccc3c2=O)c1C. The van der Waals surface area contributed by atoms with Crippen molar-refractivity contribution in [2.45, 2.75) is 56.6 Å². The van der Waals surface area contributed by atoms with E-state index >= 15 is 0 Å². The number of aryl methyl sites for hydroxylation is 1. The molecule has 33 heavy (non-hydrogen) atoms. The Bertz CT molecular complexity index is 1300. The lowest BCUT2D eigenvalue weighted by atomic mass is 9.81. The van der Waals surface area contributed by atoms with Crippen LogP contribution in [0.5, 0.6) is 0 Å². The number of fused-ring (bicyclic) bond motifs is 1. The predicted molar refractivity (Wildman–Crippen MR) is 132 cm³/mol. The molecule has 1 aliphatic carbocycles. The van der Waals surface area contributed by atoms with Gasteiger partial charge in [-0.1, -0.05) is 55.3 Å². The minimum absolute atomic E-state index is 0.107. The summed E-state index contributed by atoms with van der Waals surface area (Å²) < 4.78 is 1.61. The van der Waals surface area contributed by atoms with Gasteiger partial charge in [0.15, 0.2) is 5.16 Å². The van der Waals surface area contributed by atoms with E-state index in [0.29, 0.717) is 28.9 Å². The Hall–Kier alpha value is -3.11. The molecule has 1 aliphatic rings. The van der Waals surface area contributed by atoms with Gasteiger partial charge < -0.3 is 4.90 Å². The molecule has 6 nitrogen and oxygen atoms in total. The fraction of sp³-hybridized carbons (Fsp3) is 0.385. The summed E-state index contributed by atoms with van der Waals surface area (Å²) in [6.45, 7) is 3.99. The molecule has 0 unspecified atom stereocenters. The Labute approximate surface area is 198 Å². The number of rotatable bonds is 5. The van der Waals surface area contributed by atoms with Gasteiger partial charge in [-0.25, -0.2) is 4.98 Å². The molecule has 0 atom stereocenters. The molecule has 170 valence electrons. The Kier molecular flexibility index (Phi) is 6.57. The second-order valence-corrected chi connectivity index (χ2v) is 9.66. The van der Waals surface area contributed by atoms with Crippen LogP contribution in [-0.4, -0.2) is 38.7 Å². The number of nitrogens with zero attached hydrogens (tertiary/aromatic N) is 4. The van der Waals surface area contributed by atoms with Gasteiger partial charge in [-0.3, -0.25) is 14.2 Å². The molecule has 4 rings (SSSR count). The zero-order valence-corrected chi connectivity index (χ0v) is 20.1. The second-order valence-electron chi connectivity index (χ2n) is 8.72. The van der Waals surface area contributed by atoms with Crippen LogP contribution in [0, 0.1) is 25.2 Å².